The van der Waals surface area contributed by atoms with Crippen LogP contribution in [0.2, 0.25) is 0 Å². The lowest BCUT2D eigenvalue weighted by atomic mass is 10.0. The molecule has 10 heteroatoms. The molecule has 2 N–H and O–H groups in total. The van der Waals surface area contributed by atoms with Crippen LogP contribution >= 0.6 is 7.82 Å². The van der Waals surface area contributed by atoms with Crippen LogP contribution < -0.4 is 5.32 Å². The zero-order valence-electron chi connectivity index (χ0n) is 43.9. The third kappa shape index (κ3) is 48.0. The fourth-order valence-electron chi connectivity index (χ4n) is 7.13. The Morgan fingerprint density at radius 1 is 0.537 bits per heavy atom. The first-order chi connectivity index (χ1) is 32.4. The summed E-state index contributed by atoms with van der Waals surface area (Å²) >= 11 is 0. The Labute approximate surface area is 412 Å². The van der Waals surface area contributed by atoms with Gasteiger partial charge in [0.25, 0.3) is 0 Å². The van der Waals surface area contributed by atoms with Gasteiger partial charge in [0.05, 0.1) is 33.8 Å². The molecule has 0 aromatic rings. The van der Waals surface area contributed by atoms with Crippen LogP contribution in [0, 0.1) is 0 Å². The van der Waals surface area contributed by atoms with E-state index in [9.17, 15) is 19.0 Å². The number of ether oxygens (including phenoxy) is 1. The molecule has 0 saturated heterocycles. The Kier molecular flexibility index (Phi) is 44.9. The average molecular weight is 958 g/mol. The molecule has 0 aliphatic rings. The summed E-state index contributed by atoms with van der Waals surface area (Å²) in [7, 11) is 1.45. The molecule has 0 aliphatic heterocycles. The molecule has 0 rings (SSSR count). The van der Waals surface area contributed by atoms with Gasteiger partial charge in [-0.1, -0.05) is 196 Å². The lowest BCUT2D eigenvalue weighted by molar-refractivity contribution is -0.870. The van der Waals surface area contributed by atoms with Crippen molar-refractivity contribution in [2.75, 3.05) is 40.9 Å². The number of phosphoric ester groups is 1. The van der Waals surface area contributed by atoms with Gasteiger partial charge in [0, 0.05) is 12.8 Å². The highest BCUT2D eigenvalue weighted by molar-refractivity contribution is 7.47. The maximum atomic E-state index is 13.4. The molecule has 3 atom stereocenters. The minimum absolute atomic E-state index is 0.0264. The monoisotopic (exact) mass is 958 g/mol. The van der Waals surface area contributed by atoms with Gasteiger partial charge in [-0.2, -0.15) is 0 Å². The molecular formula is C57H102N2O7P+. The van der Waals surface area contributed by atoms with Crippen LogP contribution in [0.5, 0.6) is 0 Å². The summed E-state index contributed by atoms with van der Waals surface area (Å²) in [5, 5.41) is 3.01. The number of quaternary nitrogens is 1. The molecule has 9 nitrogen and oxygen atoms in total. The second kappa shape index (κ2) is 46.9. The molecule has 0 spiro atoms. The first-order valence-electron chi connectivity index (χ1n) is 26.9. The zero-order chi connectivity index (χ0) is 49.4. The molecule has 3 unspecified atom stereocenters. The predicted octanol–water partition coefficient (Wildman–Crippen LogP) is 15.9. The highest BCUT2D eigenvalue weighted by Crippen LogP contribution is 2.43. The number of carbonyl (C=O) groups excluding carboxylic acids is 2. The minimum Gasteiger partial charge on any atom is -0.456 e. The summed E-state index contributed by atoms with van der Waals surface area (Å²) in [5.74, 6) is -0.591. The molecule has 0 radical (unpaired) electrons. The van der Waals surface area contributed by atoms with E-state index < -0.39 is 20.0 Å². The Hall–Kier alpha value is -2.81. The summed E-state index contributed by atoms with van der Waals surface area (Å²) in [5.41, 5.74) is 0. The Bertz CT molecular complexity index is 1430. The number of amides is 1. The van der Waals surface area contributed by atoms with E-state index in [1.165, 1.54) is 70.6 Å². The van der Waals surface area contributed by atoms with Crippen LogP contribution in [-0.4, -0.2) is 74.3 Å². The van der Waals surface area contributed by atoms with E-state index in [1.54, 1.807) is 0 Å². The number of nitrogens with zero attached hydrogens (tertiary/aromatic N) is 1. The third-order valence-corrected chi connectivity index (χ3v) is 12.3. The molecule has 0 heterocycles. The second-order valence-electron chi connectivity index (χ2n) is 19.0. The lowest BCUT2D eigenvalue weighted by Gasteiger charge is -2.27. The molecule has 0 saturated carbocycles. The standard InChI is InChI=1S/C57H101N2O7P/c1-7-10-13-16-19-22-25-27-28-29-30-32-35-38-41-44-47-50-57(61)66-55(48-45-42-39-36-34-31-26-23-20-17-14-11-8-2)54(53-65-67(62,63)64-52-51-59(4,5)6)58-56(60)49-46-43-40-37-33-24-21-18-15-12-9-3/h10,13,18-19,21-22,27-28,30,32,38,41,45,48,54-55H,7-9,11-12,14-17,20,23-26,29,31,33-37,39-40,42-44,46-47,49-53H2,1-6H3,(H-,58,60,62,63)/p+1/b13-10-,21-18-,22-19-,28-27-,32-30-,41-38-,48-45-. The van der Waals surface area contributed by atoms with Crippen LogP contribution in [0.4, 0.5) is 0 Å². The first-order valence-corrected chi connectivity index (χ1v) is 28.4. The summed E-state index contributed by atoms with van der Waals surface area (Å²) in [6, 6.07) is -0.877. The topological polar surface area (TPSA) is 111 Å². The average Bonchev–Trinajstić information content (AvgIpc) is 3.28. The Morgan fingerprint density at radius 2 is 0.985 bits per heavy atom. The molecule has 67 heavy (non-hydrogen) atoms. The van der Waals surface area contributed by atoms with E-state index in [1.807, 2.05) is 33.3 Å². The van der Waals surface area contributed by atoms with Crippen molar-refractivity contribution in [3.63, 3.8) is 0 Å². The molecule has 0 aromatic carbocycles. The number of likely N-dealkylation sites (N-methyl/N-ethyl adjacent to an activating group) is 1. The number of hydrogen-bond donors (Lipinski definition) is 2. The third-order valence-electron chi connectivity index (χ3n) is 11.3. The summed E-state index contributed by atoms with van der Waals surface area (Å²) in [6.45, 7) is 6.79. The molecule has 386 valence electrons. The van der Waals surface area contributed by atoms with Crippen LogP contribution in [0.3, 0.4) is 0 Å². The van der Waals surface area contributed by atoms with Gasteiger partial charge in [-0.05, 0) is 89.5 Å². The van der Waals surface area contributed by atoms with Crippen molar-refractivity contribution >= 4 is 19.7 Å². The van der Waals surface area contributed by atoms with E-state index in [4.69, 9.17) is 13.8 Å². The van der Waals surface area contributed by atoms with Gasteiger partial charge in [-0.3, -0.25) is 18.6 Å². The van der Waals surface area contributed by atoms with Crippen LogP contribution in [0.15, 0.2) is 85.1 Å². The van der Waals surface area contributed by atoms with Crippen molar-refractivity contribution < 1.29 is 37.3 Å². The summed E-state index contributed by atoms with van der Waals surface area (Å²) in [4.78, 5) is 37.4. The molecule has 1 amide bonds. The molecule has 0 fully saturated rings. The van der Waals surface area contributed by atoms with Crippen molar-refractivity contribution in [2.24, 2.45) is 0 Å². The number of nitrogens with one attached hydrogen (secondary N) is 1. The van der Waals surface area contributed by atoms with E-state index in [0.717, 1.165) is 103 Å². The van der Waals surface area contributed by atoms with Crippen molar-refractivity contribution in [1.29, 1.82) is 0 Å². The van der Waals surface area contributed by atoms with Gasteiger partial charge in [0.15, 0.2) is 0 Å². The van der Waals surface area contributed by atoms with E-state index in [-0.39, 0.29) is 31.5 Å². The number of esters is 1. The first kappa shape index (κ1) is 64.2. The second-order valence-corrected chi connectivity index (χ2v) is 20.5. The van der Waals surface area contributed by atoms with Gasteiger partial charge in [-0.15, -0.1) is 0 Å². The zero-order valence-corrected chi connectivity index (χ0v) is 44.8. The van der Waals surface area contributed by atoms with Crippen LogP contribution in [0.25, 0.3) is 0 Å². The maximum Gasteiger partial charge on any atom is 0.472 e. The van der Waals surface area contributed by atoms with Gasteiger partial charge in [0.2, 0.25) is 5.91 Å². The molecule has 0 aliphatic carbocycles. The van der Waals surface area contributed by atoms with Crippen LogP contribution in [-0.2, 0) is 27.9 Å². The quantitative estimate of drug-likeness (QED) is 0.0205. The number of unbranched alkanes of at least 4 members (excludes halogenated alkanes) is 19. The summed E-state index contributed by atoms with van der Waals surface area (Å²) < 4.78 is 30.5. The number of hydrogen-bond acceptors (Lipinski definition) is 6. The summed E-state index contributed by atoms with van der Waals surface area (Å²) in [6.07, 6.45) is 60.1. The van der Waals surface area contributed by atoms with Gasteiger partial charge in [0.1, 0.15) is 19.3 Å². The normalized spacial score (nSPS) is 14.6. The number of carbonyl (C=O) groups is 2. The largest absolute Gasteiger partial charge is 0.472 e. The van der Waals surface area contributed by atoms with Gasteiger partial charge >= 0.3 is 13.8 Å². The number of rotatable bonds is 47. The van der Waals surface area contributed by atoms with E-state index in [2.05, 4.69) is 99.0 Å². The fraction of sp³-hybridized carbons (Fsp3) is 0.719. The van der Waals surface area contributed by atoms with Crippen molar-refractivity contribution in [3.8, 4) is 0 Å². The molecule has 0 aromatic heterocycles. The Morgan fingerprint density at radius 3 is 1.52 bits per heavy atom. The van der Waals surface area contributed by atoms with Gasteiger partial charge in [-0.25, -0.2) is 4.57 Å². The predicted molar refractivity (Wildman–Crippen MR) is 286 cm³/mol. The van der Waals surface area contributed by atoms with E-state index >= 15 is 0 Å². The maximum absolute atomic E-state index is 13.4. The SMILES string of the molecule is CC/C=C\C/C=C\C/C=C\C/C=C\C/C=C\CCCC(=O)OC(/C=C\CCCCCCCCCCCCC)C(COP(=O)(O)OCC[N+](C)(C)C)NC(=O)CCCCCCC/C=C\CCCC. The fourth-order valence-corrected chi connectivity index (χ4v) is 7.87. The smallest absolute Gasteiger partial charge is 0.456 e. The van der Waals surface area contributed by atoms with Crippen molar-refractivity contribution in [3.05, 3.63) is 85.1 Å². The van der Waals surface area contributed by atoms with Crippen molar-refractivity contribution in [2.45, 2.75) is 226 Å². The van der Waals surface area contributed by atoms with Gasteiger partial charge < -0.3 is 19.4 Å². The highest BCUT2D eigenvalue weighted by Gasteiger charge is 2.30. The minimum atomic E-state index is -4.46. The van der Waals surface area contributed by atoms with E-state index in [0.29, 0.717) is 23.9 Å². The Balaban J connectivity index is 5.52. The number of phosphoric acid groups is 1. The lowest BCUT2D eigenvalue weighted by Crippen LogP contribution is -2.47. The molecular weight excluding hydrogens is 856 g/mol. The number of allylic oxidation sites excluding steroid dienone is 13. The highest BCUT2D eigenvalue weighted by atomic mass is 31.2. The van der Waals surface area contributed by atoms with Crippen molar-refractivity contribution in [1.82, 2.24) is 5.32 Å². The molecule has 0 bridgehead atoms. The van der Waals surface area contributed by atoms with Crippen LogP contribution in [0.1, 0.15) is 213 Å².